The Morgan fingerprint density at radius 3 is 2.57 bits per heavy atom. The molecule has 1 N–H and O–H groups in total. The zero-order valence-electron chi connectivity index (χ0n) is 12.5. The molecule has 3 rings (SSSR count). The Morgan fingerprint density at radius 2 is 1.96 bits per heavy atom. The number of hydrogen-bond acceptors (Lipinski definition) is 5. The fourth-order valence-electron chi connectivity index (χ4n) is 2.52. The molecular weight excluding hydrogens is 398 g/mol. The fraction of sp³-hybridized carbons (Fsp3) is 0.400. The average Bonchev–Trinajstić information content (AvgIpc) is 3.02. The molecule has 1 aliphatic rings. The number of nitrogens with zero attached hydrogens (tertiary/aromatic N) is 2. The van der Waals surface area contributed by atoms with Gasteiger partial charge in [-0.25, -0.2) is 18.1 Å². The second-order valence-electron chi connectivity index (χ2n) is 5.46. The first kappa shape index (κ1) is 16.9. The van der Waals surface area contributed by atoms with Crippen LogP contribution in [0.5, 0.6) is 0 Å². The number of rotatable bonds is 5. The second-order valence-corrected chi connectivity index (χ2v) is 9.91. The van der Waals surface area contributed by atoms with Gasteiger partial charge in [-0.2, -0.15) is 0 Å². The molecule has 0 amide bonds. The Balaban J connectivity index is 1.62. The van der Waals surface area contributed by atoms with Gasteiger partial charge in [0.15, 0.2) is 0 Å². The smallest absolute Gasteiger partial charge is 0.250 e. The van der Waals surface area contributed by atoms with Gasteiger partial charge in [-0.1, -0.05) is 6.07 Å². The highest BCUT2D eigenvalue weighted by atomic mass is 79.9. The largest absolute Gasteiger partial charge is 0.357 e. The van der Waals surface area contributed by atoms with Crippen LogP contribution in [0.25, 0.3) is 0 Å². The Kier molecular flexibility index (Phi) is 5.35. The maximum absolute atomic E-state index is 12.2. The molecule has 8 heteroatoms. The number of aromatic nitrogens is 1. The van der Waals surface area contributed by atoms with Crippen LogP contribution in [0, 0.1) is 0 Å². The topological polar surface area (TPSA) is 62.3 Å². The Bertz CT molecular complexity index is 753. The number of anilines is 1. The van der Waals surface area contributed by atoms with Crippen molar-refractivity contribution in [1.82, 2.24) is 9.71 Å². The molecule has 0 aromatic carbocycles. The van der Waals surface area contributed by atoms with E-state index in [-0.39, 0.29) is 6.54 Å². The number of nitrogens with one attached hydrogen (secondary N) is 1. The van der Waals surface area contributed by atoms with Gasteiger partial charge >= 0.3 is 0 Å². The third kappa shape index (κ3) is 4.32. The molecule has 0 spiro atoms. The van der Waals surface area contributed by atoms with Crippen molar-refractivity contribution in [3.8, 4) is 0 Å². The molecule has 0 bridgehead atoms. The highest BCUT2D eigenvalue weighted by molar-refractivity contribution is 9.11. The molecule has 1 fully saturated rings. The monoisotopic (exact) mass is 415 g/mol. The number of hydrogen-bond donors (Lipinski definition) is 1. The van der Waals surface area contributed by atoms with Crippen LogP contribution in [-0.2, 0) is 16.6 Å². The number of thiophene rings is 1. The van der Waals surface area contributed by atoms with Crippen molar-refractivity contribution in [2.75, 3.05) is 18.0 Å². The Morgan fingerprint density at radius 1 is 1.17 bits per heavy atom. The molecule has 0 saturated carbocycles. The molecule has 124 valence electrons. The molecule has 2 aromatic heterocycles. The summed E-state index contributed by atoms with van der Waals surface area (Å²) in [6.07, 6.45) is 5.45. The van der Waals surface area contributed by atoms with Gasteiger partial charge in [-0.3, -0.25) is 0 Å². The SMILES string of the molecule is O=S(=O)(NCc1ccc(N2CCCCC2)nc1)c1ccc(Br)s1. The first-order valence-corrected chi connectivity index (χ1v) is 10.6. The summed E-state index contributed by atoms with van der Waals surface area (Å²) in [5.74, 6) is 0.971. The minimum absolute atomic E-state index is 0.241. The van der Waals surface area contributed by atoms with Crippen molar-refractivity contribution in [1.29, 1.82) is 0 Å². The summed E-state index contributed by atoms with van der Waals surface area (Å²) in [7, 11) is -3.47. The maximum Gasteiger partial charge on any atom is 0.250 e. The molecule has 5 nitrogen and oxygen atoms in total. The summed E-state index contributed by atoms with van der Waals surface area (Å²) in [5.41, 5.74) is 0.852. The van der Waals surface area contributed by atoms with Crippen LogP contribution < -0.4 is 9.62 Å². The van der Waals surface area contributed by atoms with Crippen LogP contribution in [0.3, 0.4) is 0 Å². The van der Waals surface area contributed by atoms with Crippen molar-refractivity contribution in [3.05, 3.63) is 39.8 Å². The summed E-state index contributed by atoms with van der Waals surface area (Å²) in [4.78, 5) is 6.74. The molecule has 0 aliphatic carbocycles. The van der Waals surface area contributed by atoms with Crippen LogP contribution in [0.4, 0.5) is 5.82 Å². The molecule has 3 heterocycles. The van der Waals surface area contributed by atoms with E-state index in [1.165, 1.54) is 30.6 Å². The number of sulfonamides is 1. The molecule has 0 unspecified atom stereocenters. The van der Waals surface area contributed by atoms with E-state index in [0.29, 0.717) is 4.21 Å². The van der Waals surface area contributed by atoms with Gasteiger partial charge < -0.3 is 4.90 Å². The van der Waals surface area contributed by atoms with Crippen molar-refractivity contribution in [2.45, 2.75) is 30.0 Å². The third-order valence-electron chi connectivity index (χ3n) is 3.77. The average molecular weight is 416 g/mol. The molecule has 2 aromatic rings. The zero-order chi connectivity index (χ0) is 16.3. The Hall–Kier alpha value is -0.960. The minimum atomic E-state index is -3.47. The van der Waals surface area contributed by atoms with Crippen LogP contribution in [0.2, 0.25) is 0 Å². The summed E-state index contributed by atoms with van der Waals surface area (Å²) >= 11 is 4.47. The van der Waals surface area contributed by atoms with E-state index < -0.39 is 10.0 Å². The van der Waals surface area contributed by atoms with Gasteiger partial charge in [0.2, 0.25) is 10.0 Å². The van der Waals surface area contributed by atoms with Gasteiger partial charge in [-0.15, -0.1) is 11.3 Å². The quantitative estimate of drug-likeness (QED) is 0.812. The highest BCUT2D eigenvalue weighted by Crippen LogP contribution is 2.26. The molecular formula is C15H18BrN3O2S2. The van der Waals surface area contributed by atoms with Gasteiger partial charge in [0.1, 0.15) is 10.0 Å². The Labute approximate surface area is 148 Å². The van der Waals surface area contributed by atoms with Gasteiger partial charge in [0.05, 0.1) is 3.79 Å². The summed E-state index contributed by atoms with van der Waals surface area (Å²) in [6, 6.07) is 7.23. The van der Waals surface area contributed by atoms with Gasteiger partial charge in [-0.05, 0) is 59.0 Å². The first-order chi connectivity index (χ1) is 11.0. The lowest BCUT2D eigenvalue weighted by molar-refractivity contribution is 0.573. The fourth-order valence-corrected chi connectivity index (χ4v) is 5.60. The summed E-state index contributed by atoms with van der Waals surface area (Å²) < 4.78 is 28.1. The predicted octanol–water partition coefficient (Wildman–Crippen LogP) is 3.37. The lowest BCUT2D eigenvalue weighted by Crippen LogP contribution is -2.30. The highest BCUT2D eigenvalue weighted by Gasteiger charge is 2.16. The van der Waals surface area contributed by atoms with E-state index in [2.05, 4.69) is 30.5 Å². The van der Waals surface area contributed by atoms with E-state index in [0.717, 1.165) is 28.3 Å². The second kappa shape index (κ2) is 7.29. The number of piperidine rings is 1. The molecule has 0 atom stereocenters. The van der Waals surface area contributed by atoms with E-state index in [1.807, 2.05) is 12.1 Å². The van der Waals surface area contributed by atoms with Crippen molar-refractivity contribution in [3.63, 3.8) is 0 Å². The lowest BCUT2D eigenvalue weighted by atomic mass is 10.1. The van der Waals surface area contributed by atoms with Crippen molar-refractivity contribution in [2.24, 2.45) is 0 Å². The first-order valence-electron chi connectivity index (χ1n) is 7.49. The van der Waals surface area contributed by atoms with Crippen LogP contribution in [-0.4, -0.2) is 26.5 Å². The summed E-state index contributed by atoms with van der Waals surface area (Å²) in [6.45, 7) is 2.34. The molecule has 1 saturated heterocycles. The zero-order valence-corrected chi connectivity index (χ0v) is 15.8. The van der Waals surface area contributed by atoms with E-state index in [9.17, 15) is 8.42 Å². The van der Waals surface area contributed by atoms with Crippen molar-refractivity contribution < 1.29 is 8.42 Å². The van der Waals surface area contributed by atoms with E-state index in [1.54, 1.807) is 18.3 Å². The molecule has 0 radical (unpaired) electrons. The number of halogens is 1. The maximum atomic E-state index is 12.2. The summed E-state index contributed by atoms with van der Waals surface area (Å²) in [5, 5.41) is 0. The van der Waals surface area contributed by atoms with Gasteiger partial charge in [0, 0.05) is 25.8 Å². The number of pyridine rings is 1. The minimum Gasteiger partial charge on any atom is -0.357 e. The molecule has 1 aliphatic heterocycles. The van der Waals surface area contributed by atoms with Gasteiger partial charge in [0.25, 0.3) is 0 Å². The van der Waals surface area contributed by atoms with Crippen LogP contribution in [0.15, 0.2) is 38.5 Å². The van der Waals surface area contributed by atoms with Crippen LogP contribution in [0.1, 0.15) is 24.8 Å². The normalized spacial score (nSPS) is 15.8. The third-order valence-corrected chi connectivity index (χ3v) is 7.29. The molecule has 23 heavy (non-hydrogen) atoms. The van der Waals surface area contributed by atoms with Crippen molar-refractivity contribution >= 4 is 43.1 Å². The van der Waals surface area contributed by atoms with E-state index in [4.69, 9.17) is 0 Å². The lowest BCUT2D eigenvalue weighted by Gasteiger charge is -2.27. The predicted molar refractivity (Wildman–Crippen MR) is 96.3 cm³/mol. The van der Waals surface area contributed by atoms with E-state index >= 15 is 0 Å². The standard InChI is InChI=1S/C15H18BrN3O2S2/c16-13-5-7-15(22-13)23(20,21)18-11-12-4-6-14(17-10-12)19-8-2-1-3-9-19/h4-7,10,18H,1-3,8-9,11H2. The van der Waals surface area contributed by atoms with Crippen LogP contribution >= 0.6 is 27.3 Å².